The smallest absolute Gasteiger partial charge is 0.343 e. The van der Waals surface area contributed by atoms with E-state index in [1.165, 1.54) is 9.91 Å². The number of hydrogen-bond acceptors (Lipinski definition) is 4. The highest BCUT2D eigenvalue weighted by Gasteiger charge is 1.93. The number of carbonyl (C=O) groups is 2. The summed E-state index contributed by atoms with van der Waals surface area (Å²) in [4.78, 5) is 21.1. The normalized spacial score (nSPS) is 8.15. The highest BCUT2D eigenvalue weighted by atomic mass is 16.2. The van der Waals surface area contributed by atoms with Crippen LogP contribution in [0.3, 0.4) is 0 Å². The number of amides is 3. The number of hydrazine groups is 2. The van der Waals surface area contributed by atoms with E-state index in [2.05, 4.69) is 5.43 Å². The van der Waals surface area contributed by atoms with Crippen molar-refractivity contribution in [1.29, 1.82) is 0 Å². The molecule has 0 rings (SSSR count). The molecule has 0 atom stereocenters. The van der Waals surface area contributed by atoms with Gasteiger partial charge in [-0.2, -0.15) is 0 Å². The van der Waals surface area contributed by atoms with Gasteiger partial charge in [0.1, 0.15) is 0 Å². The summed E-state index contributed by atoms with van der Waals surface area (Å²) in [6.07, 6.45) is 0.750. The van der Waals surface area contributed by atoms with Crippen molar-refractivity contribution >= 4 is 12.4 Å². The van der Waals surface area contributed by atoms with Gasteiger partial charge in [0.05, 0.1) is 0 Å². The van der Waals surface area contributed by atoms with Crippen LogP contribution in [0.4, 0.5) is 4.79 Å². The third-order valence-electron chi connectivity index (χ3n) is 0.667. The minimum atomic E-state index is -0.421. The first-order valence-electron chi connectivity index (χ1n) is 3.50. The van der Waals surface area contributed by atoms with E-state index in [4.69, 9.17) is 5.84 Å². The fourth-order valence-electron chi connectivity index (χ4n) is 0.235. The molecule has 3 amide bonds. The molecular weight excluding hydrogens is 174 g/mol. The Labute approximate surface area is 77.8 Å². The van der Waals surface area contributed by atoms with Gasteiger partial charge in [0.15, 0.2) is 0 Å². The average Bonchev–Trinajstić information content (AvgIpc) is 2.04. The summed E-state index contributed by atoms with van der Waals surface area (Å²) >= 11 is 0. The van der Waals surface area contributed by atoms with Crippen LogP contribution in [-0.2, 0) is 4.79 Å². The van der Waals surface area contributed by atoms with Crippen LogP contribution < -0.4 is 16.7 Å². The van der Waals surface area contributed by atoms with Crippen LogP contribution in [0, 0.1) is 0 Å². The van der Waals surface area contributed by atoms with E-state index in [0.717, 1.165) is 6.41 Å². The Hall–Kier alpha value is -1.34. The summed E-state index contributed by atoms with van der Waals surface area (Å²) in [6.45, 7) is 0. The number of carbonyl (C=O) groups excluding carboxylic acids is 2. The molecule has 0 aromatic carbocycles. The summed E-state index contributed by atoms with van der Waals surface area (Å²) in [5.41, 5.74) is 4.26. The van der Waals surface area contributed by atoms with E-state index in [0.29, 0.717) is 0 Å². The lowest BCUT2D eigenvalue weighted by Gasteiger charge is -2.09. The maximum absolute atomic E-state index is 10.2. The Balaban J connectivity index is 0. The van der Waals surface area contributed by atoms with E-state index in [1.807, 2.05) is 5.43 Å². The van der Waals surface area contributed by atoms with Gasteiger partial charge in [0, 0.05) is 28.2 Å². The van der Waals surface area contributed by atoms with Crippen molar-refractivity contribution in [3.05, 3.63) is 0 Å². The van der Waals surface area contributed by atoms with Crippen molar-refractivity contribution in [3.8, 4) is 0 Å². The molecule has 0 aliphatic carbocycles. The first-order chi connectivity index (χ1) is 5.93. The second-order valence-electron chi connectivity index (χ2n) is 2.55. The maximum atomic E-state index is 10.2. The lowest BCUT2D eigenvalue weighted by molar-refractivity contribution is -0.115. The monoisotopic (exact) mass is 191 g/mol. The van der Waals surface area contributed by atoms with E-state index in [-0.39, 0.29) is 0 Å². The van der Waals surface area contributed by atoms with Crippen LogP contribution in [0.2, 0.25) is 0 Å². The Kier molecular flexibility index (Phi) is 9.56. The Morgan fingerprint density at radius 2 is 1.69 bits per heavy atom. The number of nitrogens with one attached hydrogen (secondary N) is 2. The fourth-order valence-corrected chi connectivity index (χ4v) is 0.235. The summed E-state index contributed by atoms with van der Waals surface area (Å²) < 4.78 is 0. The quantitative estimate of drug-likeness (QED) is 0.211. The van der Waals surface area contributed by atoms with E-state index < -0.39 is 6.03 Å². The van der Waals surface area contributed by atoms with Gasteiger partial charge in [0.25, 0.3) is 0 Å². The van der Waals surface area contributed by atoms with Crippen molar-refractivity contribution in [2.75, 3.05) is 28.2 Å². The highest BCUT2D eigenvalue weighted by Crippen LogP contribution is 1.61. The molecule has 0 bridgehead atoms. The van der Waals surface area contributed by atoms with Gasteiger partial charge in [-0.1, -0.05) is 0 Å². The van der Waals surface area contributed by atoms with E-state index in [1.54, 1.807) is 28.2 Å². The predicted octanol–water partition coefficient (Wildman–Crippen LogP) is -1.66. The molecule has 0 fully saturated rings. The zero-order valence-corrected chi connectivity index (χ0v) is 8.37. The van der Waals surface area contributed by atoms with Crippen LogP contribution in [0.1, 0.15) is 0 Å². The number of urea groups is 1. The van der Waals surface area contributed by atoms with Gasteiger partial charge in [-0.25, -0.2) is 15.6 Å². The number of hydrogen-bond donors (Lipinski definition) is 3. The number of rotatable bonds is 2. The van der Waals surface area contributed by atoms with Crippen molar-refractivity contribution in [2.45, 2.75) is 0 Å². The van der Waals surface area contributed by atoms with Crippen LogP contribution in [-0.4, -0.2) is 50.5 Å². The Morgan fingerprint density at radius 3 is 1.77 bits per heavy atom. The Morgan fingerprint density at radius 1 is 1.31 bits per heavy atom. The molecule has 0 unspecified atom stereocenters. The third-order valence-corrected chi connectivity index (χ3v) is 0.667. The van der Waals surface area contributed by atoms with Gasteiger partial charge in [-0.15, -0.1) is 0 Å². The summed E-state index contributed by atoms with van der Waals surface area (Å²) in [7, 11) is 6.75. The van der Waals surface area contributed by atoms with Crippen molar-refractivity contribution in [1.82, 2.24) is 20.8 Å². The Bertz CT molecular complexity index is 148. The number of nitrogens with two attached hydrogens (primary N) is 1. The first-order valence-corrected chi connectivity index (χ1v) is 3.50. The molecular formula is C6H17N5O2. The lowest BCUT2D eigenvalue weighted by Crippen LogP contribution is -2.46. The molecule has 0 saturated heterocycles. The molecule has 78 valence electrons. The third kappa shape index (κ3) is 18.0. The van der Waals surface area contributed by atoms with Crippen molar-refractivity contribution < 1.29 is 9.59 Å². The molecule has 0 aromatic rings. The largest absolute Gasteiger partial charge is 0.351 e. The van der Waals surface area contributed by atoms with Gasteiger partial charge < -0.3 is 4.90 Å². The molecule has 0 radical (unpaired) electrons. The summed E-state index contributed by atoms with van der Waals surface area (Å²) in [5.74, 6) is 4.73. The second kappa shape index (κ2) is 8.75. The first kappa shape index (κ1) is 14.2. The van der Waals surface area contributed by atoms with Crippen molar-refractivity contribution in [2.24, 2.45) is 5.84 Å². The average molecular weight is 191 g/mol. The zero-order valence-electron chi connectivity index (χ0n) is 8.37. The van der Waals surface area contributed by atoms with Gasteiger partial charge >= 0.3 is 6.03 Å². The maximum Gasteiger partial charge on any atom is 0.343 e. The lowest BCUT2D eigenvalue weighted by atomic mass is 11.0. The molecule has 0 aliphatic rings. The van der Waals surface area contributed by atoms with Crippen LogP contribution in [0.15, 0.2) is 0 Å². The van der Waals surface area contributed by atoms with E-state index >= 15 is 0 Å². The molecule has 0 saturated carbocycles. The molecule has 0 aromatic heterocycles. The van der Waals surface area contributed by atoms with Gasteiger partial charge in [0.2, 0.25) is 6.41 Å². The minimum Gasteiger partial charge on any atom is -0.351 e. The second-order valence-corrected chi connectivity index (χ2v) is 2.55. The minimum absolute atomic E-state index is 0.421. The molecule has 7 nitrogen and oxygen atoms in total. The van der Waals surface area contributed by atoms with Crippen molar-refractivity contribution in [3.63, 3.8) is 0 Å². The standard InChI is InChI=1S/C3H10N4O.C3H7NO/c1-7(2)6-3(8)5-4;1-4(2)3-5/h4H2,1-2H3,(H2,5,6,8);3H,1-2H3. The highest BCUT2D eigenvalue weighted by molar-refractivity contribution is 5.72. The van der Waals surface area contributed by atoms with E-state index in [9.17, 15) is 9.59 Å². The molecule has 0 heterocycles. The van der Waals surface area contributed by atoms with Gasteiger partial charge in [-0.3, -0.25) is 15.6 Å². The molecule has 0 spiro atoms. The van der Waals surface area contributed by atoms with Crippen LogP contribution >= 0.6 is 0 Å². The van der Waals surface area contributed by atoms with Gasteiger partial charge in [-0.05, 0) is 0 Å². The topological polar surface area (TPSA) is 90.7 Å². The SMILES string of the molecule is CN(C)C=O.CN(C)NC(=O)NN. The molecule has 13 heavy (non-hydrogen) atoms. The molecule has 0 aliphatic heterocycles. The predicted molar refractivity (Wildman–Crippen MR) is 49.3 cm³/mol. The summed E-state index contributed by atoms with van der Waals surface area (Å²) in [5, 5.41) is 1.49. The molecule has 4 N–H and O–H groups in total. The fraction of sp³-hybridized carbons (Fsp3) is 0.667. The van der Waals surface area contributed by atoms with Crippen LogP contribution in [0.25, 0.3) is 0 Å². The van der Waals surface area contributed by atoms with Crippen LogP contribution in [0.5, 0.6) is 0 Å². The summed E-state index contributed by atoms with van der Waals surface area (Å²) in [6, 6.07) is -0.421. The number of nitrogens with zero attached hydrogens (tertiary/aromatic N) is 2. The molecule has 7 heteroatoms. The zero-order chi connectivity index (χ0) is 10.9.